The minimum absolute atomic E-state index is 0.113. The number of thioether (sulfide) groups is 1. The highest BCUT2D eigenvalue weighted by molar-refractivity contribution is 7.98. The number of aryl methyl sites for hydroxylation is 1. The first kappa shape index (κ1) is 15.7. The first-order valence-electron chi connectivity index (χ1n) is 6.39. The molecule has 0 bridgehead atoms. The Morgan fingerprint density at radius 2 is 2.14 bits per heavy atom. The van der Waals surface area contributed by atoms with Crippen LogP contribution in [0.1, 0.15) is 6.42 Å². The van der Waals surface area contributed by atoms with Gasteiger partial charge in [0.25, 0.3) is 5.56 Å². The Bertz CT molecular complexity index is 700. The van der Waals surface area contributed by atoms with Gasteiger partial charge >= 0.3 is 0 Å². The molecule has 1 heterocycles. The average Bonchev–Trinajstić information content (AvgIpc) is 2.46. The highest BCUT2D eigenvalue weighted by atomic mass is 35.5. The Morgan fingerprint density at radius 3 is 2.81 bits per heavy atom. The monoisotopic (exact) mass is 322 g/mol. The van der Waals surface area contributed by atoms with Crippen LogP contribution >= 0.6 is 23.4 Å². The number of anilines is 1. The summed E-state index contributed by atoms with van der Waals surface area (Å²) in [7, 11) is 0. The highest BCUT2D eigenvalue weighted by Crippen LogP contribution is 2.27. The van der Waals surface area contributed by atoms with E-state index >= 15 is 0 Å². The maximum Gasteiger partial charge on any atom is 0.250 e. The van der Waals surface area contributed by atoms with E-state index in [4.69, 9.17) is 11.6 Å². The first-order valence-corrected chi connectivity index (χ1v) is 7.99. The Balaban J connectivity index is 1.94. The number of carbonyl (C=O) groups excluding carboxylic acids is 1. The third kappa shape index (κ3) is 4.37. The fourth-order valence-corrected chi connectivity index (χ4v) is 2.71. The second-order valence-corrected chi connectivity index (χ2v) is 5.64. The van der Waals surface area contributed by atoms with Crippen LogP contribution in [0, 0.1) is 0 Å². The van der Waals surface area contributed by atoms with Crippen molar-refractivity contribution in [1.82, 2.24) is 4.57 Å². The van der Waals surface area contributed by atoms with Gasteiger partial charge in [-0.25, -0.2) is 0 Å². The van der Waals surface area contributed by atoms with E-state index in [1.54, 1.807) is 36.2 Å². The summed E-state index contributed by atoms with van der Waals surface area (Å²) in [6, 6.07) is 10.3. The molecule has 1 N–H and O–H groups in total. The van der Waals surface area contributed by atoms with Crippen LogP contribution in [-0.2, 0) is 11.3 Å². The molecular weight excluding hydrogens is 308 g/mol. The van der Waals surface area contributed by atoms with E-state index in [0.717, 1.165) is 4.90 Å². The van der Waals surface area contributed by atoms with E-state index in [1.807, 2.05) is 18.4 Å². The van der Waals surface area contributed by atoms with Gasteiger partial charge in [-0.05, 0) is 30.5 Å². The molecule has 0 saturated carbocycles. The predicted molar refractivity (Wildman–Crippen MR) is 87.2 cm³/mol. The first-order chi connectivity index (χ1) is 10.1. The summed E-state index contributed by atoms with van der Waals surface area (Å²) >= 11 is 7.64. The fourth-order valence-electron chi connectivity index (χ4n) is 1.84. The van der Waals surface area contributed by atoms with Gasteiger partial charge in [0.15, 0.2) is 0 Å². The lowest BCUT2D eigenvalue weighted by molar-refractivity contribution is -0.116. The Hall–Kier alpha value is -1.72. The zero-order valence-corrected chi connectivity index (χ0v) is 13.1. The normalized spacial score (nSPS) is 10.4. The van der Waals surface area contributed by atoms with Gasteiger partial charge in [-0.2, -0.15) is 0 Å². The van der Waals surface area contributed by atoms with Crippen molar-refractivity contribution in [2.24, 2.45) is 0 Å². The molecule has 0 aliphatic heterocycles. The topological polar surface area (TPSA) is 51.1 Å². The average molecular weight is 323 g/mol. The summed E-state index contributed by atoms with van der Waals surface area (Å²) in [6.07, 6.45) is 3.84. The number of benzene rings is 1. The van der Waals surface area contributed by atoms with Crippen LogP contribution in [0.2, 0.25) is 5.02 Å². The summed E-state index contributed by atoms with van der Waals surface area (Å²) < 4.78 is 1.50. The summed E-state index contributed by atoms with van der Waals surface area (Å²) in [5, 5.41) is 3.39. The van der Waals surface area contributed by atoms with Crippen LogP contribution in [-0.4, -0.2) is 16.7 Å². The van der Waals surface area contributed by atoms with E-state index in [0.29, 0.717) is 17.3 Å². The zero-order chi connectivity index (χ0) is 15.2. The number of hydrogen-bond donors (Lipinski definition) is 1. The van der Waals surface area contributed by atoms with Crippen molar-refractivity contribution in [3.05, 3.63) is 58.0 Å². The molecule has 21 heavy (non-hydrogen) atoms. The van der Waals surface area contributed by atoms with Crippen LogP contribution in [0.4, 0.5) is 5.69 Å². The number of rotatable bonds is 5. The number of nitrogens with zero attached hydrogens (tertiary/aromatic N) is 1. The van der Waals surface area contributed by atoms with Crippen LogP contribution < -0.4 is 10.9 Å². The number of carbonyl (C=O) groups is 1. The lowest BCUT2D eigenvalue weighted by Gasteiger charge is -2.08. The van der Waals surface area contributed by atoms with E-state index in [1.165, 1.54) is 10.6 Å². The molecule has 4 nitrogen and oxygen atoms in total. The second kappa shape index (κ2) is 7.33. The van der Waals surface area contributed by atoms with E-state index in [-0.39, 0.29) is 17.9 Å². The molecule has 6 heteroatoms. The molecule has 110 valence electrons. The van der Waals surface area contributed by atoms with E-state index in [2.05, 4.69) is 5.32 Å². The van der Waals surface area contributed by atoms with Crippen molar-refractivity contribution in [2.75, 3.05) is 11.6 Å². The molecule has 1 amide bonds. The number of nitrogens with one attached hydrogen (secondary N) is 1. The summed E-state index contributed by atoms with van der Waals surface area (Å²) in [5.74, 6) is -0.154. The number of hydrogen-bond acceptors (Lipinski definition) is 3. The van der Waals surface area contributed by atoms with Crippen molar-refractivity contribution in [2.45, 2.75) is 17.9 Å². The van der Waals surface area contributed by atoms with Crippen LogP contribution in [0.25, 0.3) is 0 Å². The van der Waals surface area contributed by atoms with Gasteiger partial charge in [0, 0.05) is 35.8 Å². The minimum Gasteiger partial charge on any atom is -0.326 e. The molecule has 0 radical (unpaired) electrons. The standard InChI is InChI=1S/C15H15ClN2O2S/c1-21-13-6-5-11(10-12(13)16)17-14(19)7-9-18-8-3-2-4-15(18)20/h2-6,8,10H,7,9H2,1H3,(H,17,19). The third-order valence-corrected chi connectivity index (χ3v) is 4.13. The zero-order valence-electron chi connectivity index (χ0n) is 11.5. The SMILES string of the molecule is CSc1ccc(NC(=O)CCn2ccccc2=O)cc1Cl. The van der Waals surface area contributed by atoms with Crippen LogP contribution in [0.15, 0.2) is 52.3 Å². The second-order valence-electron chi connectivity index (χ2n) is 4.38. The van der Waals surface area contributed by atoms with Crippen molar-refractivity contribution >= 4 is 35.0 Å². The molecule has 0 unspecified atom stereocenters. The molecule has 0 aliphatic carbocycles. The van der Waals surface area contributed by atoms with Gasteiger partial charge in [-0.3, -0.25) is 9.59 Å². The van der Waals surface area contributed by atoms with Gasteiger partial charge in [0.2, 0.25) is 5.91 Å². The number of pyridine rings is 1. The summed E-state index contributed by atoms with van der Waals surface area (Å²) in [5.41, 5.74) is 0.542. The lowest BCUT2D eigenvalue weighted by Crippen LogP contribution is -2.21. The molecule has 0 fully saturated rings. The Labute approximate surface area is 132 Å². The van der Waals surface area contributed by atoms with Crippen molar-refractivity contribution < 1.29 is 4.79 Å². The van der Waals surface area contributed by atoms with Gasteiger partial charge < -0.3 is 9.88 Å². The largest absolute Gasteiger partial charge is 0.326 e. The molecule has 2 rings (SSSR count). The number of halogens is 1. The summed E-state index contributed by atoms with van der Waals surface area (Å²) in [6.45, 7) is 0.349. The third-order valence-electron chi connectivity index (χ3n) is 2.91. The smallest absolute Gasteiger partial charge is 0.250 e. The Kier molecular flexibility index (Phi) is 5.47. The van der Waals surface area contributed by atoms with Crippen molar-refractivity contribution in [3.63, 3.8) is 0 Å². The number of amides is 1. The minimum atomic E-state index is -0.154. The molecule has 0 aliphatic rings. The molecule has 1 aromatic carbocycles. The molecular formula is C15H15ClN2O2S. The fraction of sp³-hybridized carbons (Fsp3) is 0.200. The molecule has 1 aromatic heterocycles. The predicted octanol–water partition coefficient (Wildman–Crippen LogP) is 3.25. The lowest BCUT2D eigenvalue weighted by atomic mass is 10.3. The van der Waals surface area contributed by atoms with Crippen LogP contribution in [0.3, 0.4) is 0 Å². The number of aromatic nitrogens is 1. The molecule has 2 aromatic rings. The van der Waals surface area contributed by atoms with E-state index < -0.39 is 0 Å². The molecule has 0 saturated heterocycles. The van der Waals surface area contributed by atoms with Gasteiger partial charge in [-0.1, -0.05) is 17.7 Å². The molecule has 0 atom stereocenters. The van der Waals surface area contributed by atoms with Crippen LogP contribution in [0.5, 0.6) is 0 Å². The van der Waals surface area contributed by atoms with Gasteiger partial charge in [0.1, 0.15) is 0 Å². The van der Waals surface area contributed by atoms with Crippen molar-refractivity contribution in [3.8, 4) is 0 Å². The maximum absolute atomic E-state index is 11.9. The molecule has 0 spiro atoms. The maximum atomic E-state index is 11.9. The van der Waals surface area contributed by atoms with Gasteiger partial charge in [0.05, 0.1) is 5.02 Å². The van der Waals surface area contributed by atoms with Gasteiger partial charge in [-0.15, -0.1) is 11.8 Å². The summed E-state index contributed by atoms with van der Waals surface area (Å²) in [4.78, 5) is 24.4. The van der Waals surface area contributed by atoms with E-state index in [9.17, 15) is 9.59 Å². The highest BCUT2D eigenvalue weighted by Gasteiger charge is 2.06. The Morgan fingerprint density at radius 1 is 1.33 bits per heavy atom. The quantitative estimate of drug-likeness (QED) is 0.860. The van der Waals surface area contributed by atoms with Crippen molar-refractivity contribution in [1.29, 1.82) is 0 Å².